The molecule has 1 amide bonds. The van der Waals surface area contributed by atoms with Crippen molar-refractivity contribution in [2.45, 2.75) is 26.9 Å². The molecule has 4 nitrogen and oxygen atoms in total. The number of amides is 1. The van der Waals surface area contributed by atoms with E-state index in [-0.39, 0.29) is 24.6 Å². The first-order chi connectivity index (χ1) is 12.9. The average Bonchev–Trinajstić information content (AvgIpc) is 2.65. The molecular weight excluding hydrogens is 350 g/mol. The van der Waals surface area contributed by atoms with Gasteiger partial charge in [-0.25, -0.2) is 8.78 Å². The number of benzene rings is 2. The molecule has 0 aliphatic rings. The third-order valence-electron chi connectivity index (χ3n) is 4.33. The SMILES string of the molecule is CCOc1ccc(CN(C)C(=O)CN(CC)Cc2c(F)cccc2F)cc1. The van der Waals surface area contributed by atoms with Crippen molar-refractivity contribution >= 4 is 5.91 Å². The van der Waals surface area contributed by atoms with Gasteiger partial charge in [0.05, 0.1) is 13.2 Å². The average molecular weight is 376 g/mol. The number of carbonyl (C=O) groups is 1. The monoisotopic (exact) mass is 376 g/mol. The summed E-state index contributed by atoms with van der Waals surface area (Å²) in [6.45, 7) is 5.50. The molecule has 2 rings (SSSR count). The molecule has 0 heterocycles. The highest BCUT2D eigenvalue weighted by Crippen LogP contribution is 2.16. The Labute approximate surface area is 159 Å². The summed E-state index contributed by atoms with van der Waals surface area (Å²) in [5, 5.41) is 0. The molecule has 0 radical (unpaired) electrons. The normalized spacial score (nSPS) is 10.9. The van der Waals surface area contributed by atoms with Crippen LogP contribution >= 0.6 is 0 Å². The molecule has 0 unspecified atom stereocenters. The van der Waals surface area contributed by atoms with Crippen molar-refractivity contribution in [3.05, 3.63) is 65.2 Å². The van der Waals surface area contributed by atoms with E-state index in [1.165, 1.54) is 18.2 Å². The number of rotatable bonds is 9. The fourth-order valence-corrected chi connectivity index (χ4v) is 2.72. The molecule has 2 aromatic rings. The Balaban J connectivity index is 1.95. The molecule has 0 atom stereocenters. The molecule has 6 heteroatoms. The first-order valence-corrected chi connectivity index (χ1v) is 9.05. The van der Waals surface area contributed by atoms with E-state index in [4.69, 9.17) is 4.74 Å². The summed E-state index contributed by atoms with van der Waals surface area (Å²) in [5.74, 6) is -0.505. The van der Waals surface area contributed by atoms with E-state index in [0.717, 1.165) is 11.3 Å². The number of hydrogen-bond acceptors (Lipinski definition) is 3. The predicted molar refractivity (Wildman–Crippen MR) is 101 cm³/mol. The van der Waals surface area contributed by atoms with Gasteiger partial charge in [0, 0.05) is 25.7 Å². The van der Waals surface area contributed by atoms with E-state index in [9.17, 15) is 13.6 Å². The minimum atomic E-state index is -0.594. The second kappa shape index (κ2) is 10.0. The maximum absolute atomic E-state index is 13.8. The van der Waals surface area contributed by atoms with Gasteiger partial charge in [-0.2, -0.15) is 0 Å². The lowest BCUT2D eigenvalue weighted by molar-refractivity contribution is -0.131. The van der Waals surface area contributed by atoms with Gasteiger partial charge in [0.15, 0.2) is 0 Å². The highest BCUT2D eigenvalue weighted by molar-refractivity contribution is 5.78. The summed E-state index contributed by atoms with van der Waals surface area (Å²) < 4.78 is 33.1. The molecule has 0 saturated heterocycles. The number of carbonyl (C=O) groups excluding carboxylic acids is 1. The Morgan fingerprint density at radius 2 is 1.63 bits per heavy atom. The van der Waals surface area contributed by atoms with E-state index in [0.29, 0.717) is 19.7 Å². The van der Waals surface area contributed by atoms with Gasteiger partial charge in [-0.1, -0.05) is 25.1 Å². The van der Waals surface area contributed by atoms with Crippen LogP contribution in [0, 0.1) is 11.6 Å². The second-order valence-corrected chi connectivity index (χ2v) is 6.33. The second-order valence-electron chi connectivity index (χ2n) is 6.33. The highest BCUT2D eigenvalue weighted by Gasteiger charge is 2.17. The molecule has 146 valence electrons. The predicted octanol–water partition coefficient (Wildman–Crippen LogP) is 3.84. The standard InChI is InChI=1S/C21H26F2N2O2/c1-4-25(14-18-19(22)7-6-8-20(18)23)15-21(26)24(3)13-16-9-11-17(12-10-16)27-5-2/h6-12H,4-5,13-15H2,1-3H3. The number of ether oxygens (including phenoxy) is 1. The molecule has 0 fully saturated rings. The quantitative estimate of drug-likeness (QED) is 0.667. The summed E-state index contributed by atoms with van der Waals surface area (Å²) in [6, 6.07) is 11.4. The zero-order valence-corrected chi connectivity index (χ0v) is 16.0. The fourth-order valence-electron chi connectivity index (χ4n) is 2.72. The van der Waals surface area contributed by atoms with E-state index >= 15 is 0 Å². The molecule has 0 saturated carbocycles. The molecule has 0 aliphatic heterocycles. The number of hydrogen-bond donors (Lipinski definition) is 0. The van der Waals surface area contributed by atoms with Crippen molar-refractivity contribution in [2.24, 2.45) is 0 Å². The molecule has 0 spiro atoms. The summed E-state index contributed by atoms with van der Waals surface area (Å²) >= 11 is 0. The Bertz CT molecular complexity index is 730. The number of likely N-dealkylation sites (N-methyl/N-ethyl adjacent to an activating group) is 2. The van der Waals surface area contributed by atoms with Gasteiger partial charge in [0.1, 0.15) is 17.4 Å². The molecular formula is C21H26F2N2O2. The minimum Gasteiger partial charge on any atom is -0.494 e. The van der Waals surface area contributed by atoms with Crippen molar-refractivity contribution in [3.8, 4) is 5.75 Å². The topological polar surface area (TPSA) is 32.8 Å². The molecule has 0 aromatic heterocycles. The van der Waals surface area contributed by atoms with Crippen LogP contribution in [0.25, 0.3) is 0 Å². The maximum Gasteiger partial charge on any atom is 0.236 e. The van der Waals surface area contributed by atoms with Crippen LogP contribution in [-0.2, 0) is 17.9 Å². The lowest BCUT2D eigenvalue weighted by atomic mass is 10.1. The summed E-state index contributed by atoms with van der Waals surface area (Å²) in [5.41, 5.74) is 0.971. The van der Waals surface area contributed by atoms with Crippen LogP contribution in [0.4, 0.5) is 8.78 Å². The van der Waals surface area contributed by atoms with Gasteiger partial charge < -0.3 is 9.64 Å². The van der Waals surface area contributed by atoms with Crippen molar-refractivity contribution in [1.29, 1.82) is 0 Å². The fraction of sp³-hybridized carbons (Fsp3) is 0.381. The van der Waals surface area contributed by atoms with Crippen LogP contribution in [0.15, 0.2) is 42.5 Å². The van der Waals surface area contributed by atoms with Crippen LogP contribution in [0.2, 0.25) is 0 Å². The third kappa shape index (κ3) is 6.03. The molecule has 0 aliphatic carbocycles. The molecule has 0 N–H and O–H groups in total. The van der Waals surface area contributed by atoms with Crippen molar-refractivity contribution in [1.82, 2.24) is 9.80 Å². The van der Waals surface area contributed by atoms with Crippen molar-refractivity contribution < 1.29 is 18.3 Å². The lowest BCUT2D eigenvalue weighted by Crippen LogP contribution is -2.38. The van der Waals surface area contributed by atoms with Crippen molar-refractivity contribution in [2.75, 3.05) is 26.7 Å². The molecule has 2 aromatic carbocycles. The zero-order chi connectivity index (χ0) is 19.8. The van der Waals surface area contributed by atoms with E-state index in [2.05, 4.69) is 0 Å². The zero-order valence-electron chi connectivity index (χ0n) is 16.0. The van der Waals surface area contributed by atoms with E-state index in [1.807, 2.05) is 38.1 Å². The molecule has 0 bridgehead atoms. The first kappa shape index (κ1) is 20.8. The smallest absolute Gasteiger partial charge is 0.236 e. The van der Waals surface area contributed by atoms with E-state index < -0.39 is 11.6 Å². The Kier molecular flexibility index (Phi) is 7.73. The molecule has 27 heavy (non-hydrogen) atoms. The van der Waals surface area contributed by atoms with Gasteiger partial charge in [-0.15, -0.1) is 0 Å². The van der Waals surface area contributed by atoms with Crippen LogP contribution in [0.3, 0.4) is 0 Å². The Morgan fingerprint density at radius 3 is 2.19 bits per heavy atom. The maximum atomic E-state index is 13.8. The Morgan fingerprint density at radius 1 is 1.00 bits per heavy atom. The Hall–Kier alpha value is -2.47. The van der Waals surface area contributed by atoms with Gasteiger partial charge in [0.2, 0.25) is 5.91 Å². The largest absolute Gasteiger partial charge is 0.494 e. The highest BCUT2D eigenvalue weighted by atomic mass is 19.1. The summed E-state index contributed by atoms with van der Waals surface area (Å²) in [7, 11) is 1.72. The van der Waals surface area contributed by atoms with Crippen LogP contribution < -0.4 is 4.74 Å². The van der Waals surface area contributed by atoms with Crippen LogP contribution in [0.1, 0.15) is 25.0 Å². The number of nitrogens with zero attached hydrogens (tertiary/aromatic N) is 2. The van der Waals surface area contributed by atoms with Gasteiger partial charge in [-0.3, -0.25) is 9.69 Å². The lowest BCUT2D eigenvalue weighted by Gasteiger charge is -2.24. The van der Waals surface area contributed by atoms with Crippen molar-refractivity contribution in [3.63, 3.8) is 0 Å². The number of halogens is 2. The minimum absolute atomic E-state index is 0.0127. The van der Waals surface area contributed by atoms with Crippen LogP contribution in [-0.4, -0.2) is 42.5 Å². The first-order valence-electron chi connectivity index (χ1n) is 9.05. The third-order valence-corrected chi connectivity index (χ3v) is 4.33. The van der Waals surface area contributed by atoms with Gasteiger partial charge >= 0.3 is 0 Å². The van der Waals surface area contributed by atoms with Gasteiger partial charge in [0.25, 0.3) is 0 Å². The van der Waals surface area contributed by atoms with E-state index in [1.54, 1.807) is 16.8 Å². The summed E-state index contributed by atoms with van der Waals surface area (Å²) in [4.78, 5) is 15.8. The summed E-state index contributed by atoms with van der Waals surface area (Å²) in [6.07, 6.45) is 0. The van der Waals surface area contributed by atoms with Crippen LogP contribution in [0.5, 0.6) is 5.75 Å². The van der Waals surface area contributed by atoms with Gasteiger partial charge in [-0.05, 0) is 43.3 Å².